The summed E-state index contributed by atoms with van der Waals surface area (Å²) in [6, 6.07) is 15.2. The van der Waals surface area contributed by atoms with Crippen LogP contribution in [0.15, 0.2) is 60.0 Å². The van der Waals surface area contributed by atoms with Crippen LogP contribution in [0.2, 0.25) is 0 Å². The molecule has 37 heavy (non-hydrogen) atoms. The summed E-state index contributed by atoms with van der Waals surface area (Å²) in [6.45, 7) is 3.71. The molecule has 6 nitrogen and oxygen atoms in total. The third kappa shape index (κ3) is 5.86. The van der Waals surface area contributed by atoms with Gasteiger partial charge in [0.05, 0.1) is 12.1 Å². The highest BCUT2D eigenvalue weighted by atomic mass is 32.1. The summed E-state index contributed by atoms with van der Waals surface area (Å²) in [4.78, 5) is 31.8. The van der Waals surface area contributed by atoms with Gasteiger partial charge in [-0.05, 0) is 73.0 Å². The van der Waals surface area contributed by atoms with Gasteiger partial charge < -0.3 is 19.3 Å². The number of hydrogen-bond donors (Lipinski definition) is 0. The molecule has 194 valence electrons. The van der Waals surface area contributed by atoms with E-state index in [1.54, 1.807) is 17.4 Å². The molecule has 1 aromatic heterocycles. The molecule has 8 heteroatoms. The van der Waals surface area contributed by atoms with E-state index in [1.165, 1.54) is 28.0 Å². The van der Waals surface area contributed by atoms with Gasteiger partial charge in [-0.2, -0.15) is 0 Å². The first-order valence-corrected chi connectivity index (χ1v) is 13.6. The minimum atomic E-state index is -0.483. The number of rotatable bonds is 8. The molecule has 0 saturated carbocycles. The van der Waals surface area contributed by atoms with Crippen LogP contribution in [0.4, 0.5) is 4.39 Å². The van der Waals surface area contributed by atoms with Crippen molar-refractivity contribution in [2.24, 2.45) is 0 Å². The standard InChI is InChI=1S/C29H31FN2O4S/c1-20-6-2-3-10-26(20)36-19-25-24-12-15-37-27(24)11-13-32(25)28(33)18-31(17-23-9-5-14-35-23)29(34)21-7-4-8-22(30)16-21/h2-4,6-8,10,12,15-16,23,25H,5,9,11,13-14,17-19H2,1H3/t23-,25-/m0/s1. The summed E-state index contributed by atoms with van der Waals surface area (Å²) in [5.41, 5.74) is 2.36. The molecule has 2 aliphatic heterocycles. The van der Waals surface area contributed by atoms with E-state index in [0.29, 0.717) is 26.3 Å². The normalized spacial score (nSPS) is 18.9. The number of hydrogen-bond acceptors (Lipinski definition) is 5. The lowest BCUT2D eigenvalue weighted by atomic mass is 10.00. The van der Waals surface area contributed by atoms with Gasteiger partial charge in [-0.15, -0.1) is 11.3 Å². The number of fused-ring (bicyclic) bond motifs is 1. The molecule has 2 amide bonds. The predicted octanol–water partition coefficient (Wildman–Crippen LogP) is 5.02. The summed E-state index contributed by atoms with van der Waals surface area (Å²) in [6.07, 6.45) is 2.39. The largest absolute Gasteiger partial charge is 0.491 e. The summed E-state index contributed by atoms with van der Waals surface area (Å²) in [5.74, 6) is -0.218. The SMILES string of the molecule is Cc1ccccc1OC[C@H]1c2ccsc2CCN1C(=O)CN(C[C@@H]1CCCO1)C(=O)c1cccc(F)c1. The van der Waals surface area contributed by atoms with E-state index < -0.39 is 5.82 Å². The fraction of sp³-hybridized carbons (Fsp3) is 0.379. The molecular weight excluding hydrogens is 491 g/mol. The Morgan fingerprint density at radius 2 is 2.05 bits per heavy atom. The van der Waals surface area contributed by atoms with Crippen LogP contribution in [-0.4, -0.2) is 60.6 Å². The lowest BCUT2D eigenvalue weighted by Crippen LogP contribution is -2.49. The number of thiophene rings is 1. The van der Waals surface area contributed by atoms with Crippen LogP contribution in [0.5, 0.6) is 5.75 Å². The predicted molar refractivity (Wildman–Crippen MR) is 140 cm³/mol. The van der Waals surface area contributed by atoms with Crippen molar-refractivity contribution < 1.29 is 23.5 Å². The van der Waals surface area contributed by atoms with Crippen LogP contribution in [0.25, 0.3) is 0 Å². The van der Waals surface area contributed by atoms with E-state index in [0.717, 1.165) is 36.1 Å². The molecule has 5 rings (SSSR count). The Balaban J connectivity index is 1.36. The van der Waals surface area contributed by atoms with Crippen molar-refractivity contribution in [1.29, 1.82) is 0 Å². The number of carbonyl (C=O) groups excluding carboxylic acids is 2. The van der Waals surface area contributed by atoms with Gasteiger partial charge in [0, 0.05) is 30.1 Å². The van der Waals surface area contributed by atoms with Crippen molar-refractivity contribution in [1.82, 2.24) is 9.80 Å². The third-order valence-corrected chi connectivity index (χ3v) is 8.03. The van der Waals surface area contributed by atoms with E-state index in [-0.39, 0.29) is 36.1 Å². The van der Waals surface area contributed by atoms with Crippen LogP contribution >= 0.6 is 11.3 Å². The van der Waals surface area contributed by atoms with Gasteiger partial charge in [0.15, 0.2) is 0 Å². The molecule has 2 atom stereocenters. The third-order valence-electron chi connectivity index (χ3n) is 7.04. The molecule has 0 aliphatic carbocycles. The number of halogens is 1. The molecule has 0 unspecified atom stereocenters. The lowest BCUT2D eigenvalue weighted by molar-refractivity contribution is -0.135. The molecule has 2 aliphatic rings. The monoisotopic (exact) mass is 522 g/mol. The summed E-state index contributed by atoms with van der Waals surface area (Å²) in [5, 5.41) is 2.05. The number of para-hydroxylation sites is 1. The highest BCUT2D eigenvalue weighted by Gasteiger charge is 2.34. The van der Waals surface area contributed by atoms with Gasteiger partial charge in [0.1, 0.15) is 24.7 Å². The van der Waals surface area contributed by atoms with Crippen molar-refractivity contribution >= 4 is 23.2 Å². The van der Waals surface area contributed by atoms with Gasteiger partial charge in [0.2, 0.25) is 5.91 Å². The maximum absolute atomic E-state index is 13.9. The molecule has 0 radical (unpaired) electrons. The van der Waals surface area contributed by atoms with Crippen molar-refractivity contribution in [3.05, 3.63) is 87.4 Å². The molecular formula is C29H31FN2O4S. The number of benzene rings is 2. The second kappa shape index (κ2) is 11.4. The number of amides is 2. The first-order valence-electron chi connectivity index (χ1n) is 12.7. The Hall–Kier alpha value is -3.23. The Morgan fingerprint density at radius 3 is 2.84 bits per heavy atom. The Kier molecular flexibility index (Phi) is 7.86. The molecule has 1 saturated heterocycles. The zero-order chi connectivity index (χ0) is 25.8. The summed E-state index contributed by atoms with van der Waals surface area (Å²) in [7, 11) is 0. The number of aryl methyl sites for hydroxylation is 1. The molecule has 0 spiro atoms. The first kappa shape index (κ1) is 25.4. The zero-order valence-electron chi connectivity index (χ0n) is 20.9. The molecule has 1 fully saturated rings. The van der Waals surface area contributed by atoms with Gasteiger partial charge in [-0.3, -0.25) is 9.59 Å². The molecule has 0 bridgehead atoms. The van der Waals surface area contributed by atoms with Gasteiger partial charge in [-0.25, -0.2) is 4.39 Å². The van der Waals surface area contributed by atoms with Crippen molar-refractivity contribution in [2.75, 3.05) is 32.8 Å². The second-order valence-corrected chi connectivity index (χ2v) is 10.6. The van der Waals surface area contributed by atoms with Crippen LogP contribution in [0.1, 0.15) is 45.2 Å². The number of ether oxygens (including phenoxy) is 2. The lowest BCUT2D eigenvalue weighted by Gasteiger charge is -2.37. The molecule has 3 heterocycles. The van der Waals surface area contributed by atoms with E-state index in [4.69, 9.17) is 9.47 Å². The Bertz CT molecular complexity index is 1260. The number of nitrogens with zero attached hydrogens (tertiary/aromatic N) is 2. The summed E-state index contributed by atoms with van der Waals surface area (Å²) < 4.78 is 25.8. The van der Waals surface area contributed by atoms with Gasteiger partial charge in [0.25, 0.3) is 5.91 Å². The minimum Gasteiger partial charge on any atom is -0.491 e. The van der Waals surface area contributed by atoms with Crippen molar-refractivity contribution in [3.8, 4) is 5.75 Å². The van der Waals surface area contributed by atoms with Crippen molar-refractivity contribution in [3.63, 3.8) is 0 Å². The van der Waals surface area contributed by atoms with Crippen LogP contribution in [-0.2, 0) is 16.0 Å². The Labute approximate surface area is 220 Å². The van der Waals surface area contributed by atoms with Crippen LogP contribution in [0.3, 0.4) is 0 Å². The molecule has 0 N–H and O–H groups in total. The van der Waals surface area contributed by atoms with Gasteiger partial charge in [-0.1, -0.05) is 24.3 Å². The minimum absolute atomic E-state index is 0.102. The van der Waals surface area contributed by atoms with Crippen LogP contribution < -0.4 is 4.74 Å². The average Bonchev–Trinajstić information content (AvgIpc) is 3.59. The highest BCUT2D eigenvalue weighted by Crippen LogP contribution is 2.34. The first-order chi connectivity index (χ1) is 18.0. The second-order valence-electron chi connectivity index (χ2n) is 9.56. The maximum atomic E-state index is 13.9. The summed E-state index contributed by atoms with van der Waals surface area (Å²) >= 11 is 1.70. The smallest absolute Gasteiger partial charge is 0.254 e. The highest BCUT2D eigenvalue weighted by molar-refractivity contribution is 7.10. The van der Waals surface area contributed by atoms with Gasteiger partial charge >= 0.3 is 0 Å². The van der Waals surface area contributed by atoms with Crippen LogP contribution in [0, 0.1) is 12.7 Å². The average molecular weight is 523 g/mol. The van der Waals surface area contributed by atoms with E-state index in [9.17, 15) is 14.0 Å². The molecule has 2 aromatic carbocycles. The zero-order valence-corrected chi connectivity index (χ0v) is 21.7. The van der Waals surface area contributed by atoms with E-state index in [2.05, 4.69) is 11.4 Å². The Morgan fingerprint density at radius 1 is 1.19 bits per heavy atom. The topological polar surface area (TPSA) is 59.1 Å². The van der Waals surface area contributed by atoms with E-state index >= 15 is 0 Å². The maximum Gasteiger partial charge on any atom is 0.254 e. The fourth-order valence-electron chi connectivity index (χ4n) is 5.07. The van der Waals surface area contributed by atoms with Crippen molar-refractivity contribution in [2.45, 2.75) is 38.3 Å². The van der Waals surface area contributed by atoms with E-state index in [1.807, 2.05) is 36.1 Å². The number of carbonyl (C=O) groups is 2. The fourth-order valence-corrected chi connectivity index (χ4v) is 6.00. The molecule has 3 aromatic rings. The quantitative estimate of drug-likeness (QED) is 0.417.